The summed E-state index contributed by atoms with van der Waals surface area (Å²) >= 11 is 1.71. The minimum absolute atomic E-state index is 0.0363. The van der Waals surface area contributed by atoms with Gasteiger partial charge in [0.15, 0.2) is 0 Å². The Bertz CT molecular complexity index is 1210. The number of thiophene rings is 1. The first kappa shape index (κ1) is 28.0. The number of carbonyl (C=O) groups excluding carboxylic acids is 1. The molecule has 1 aromatic heterocycles. The molecule has 1 unspecified atom stereocenters. The lowest BCUT2D eigenvalue weighted by atomic mass is 9.80. The average Bonchev–Trinajstić information content (AvgIpc) is 3.49. The zero-order valence-electron chi connectivity index (χ0n) is 22.3. The summed E-state index contributed by atoms with van der Waals surface area (Å²) in [6, 6.07) is 6.28. The largest absolute Gasteiger partial charge is 0.385 e. The Morgan fingerprint density at radius 3 is 2.59 bits per heavy atom. The van der Waals surface area contributed by atoms with Gasteiger partial charge in [-0.1, -0.05) is 0 Å². The zero-order valence-corrected chi connectivity index (χ0v) is 23.9. The van der Waals surface area contributed by atoms with Crippen LogP contribution < -0.4 is 16.4 Å². The van der Waals surface area contributed by atoms with E-state index in [-0.39, 0.29) is 17.2 Å². The van der Waals surface area contributed by atoms with E-state index in [0.717, 1.165) is 48.3 Å². The van der Waals surface area contributed by atoms with Crippen LogP contribution in [0.4, 0.5) is 5.69 Å². The van der Waals surface area contributed by atoms with Crippen LogP contribution in [-0.4, -0.2) is 63.3 Å². The molecule has 1 aromatic carbocycles. The molecule has 4 N–H and O–H groups in total. The molecule has 204 valence electrons. The number of sulfonamides is 1. The predicted molar refractivity (Wildman–Crippen MR) is 151 cm³/mol. The predicted octanol–water partition coefficient (Wildman–Crippen LogP) is 3.99. The number of amides is 1. The molecule has 1 saturated heterocycles. The number of methoxy groups -OCH3 is 1. The summed E-state index contributed by atoms with van der Waals surface area (Å²) in [5.41, 5.74) is 10.4. The van der Waals surface area contributed by atoms with Crippen molar-refractivity contribution in [3.8, 4) is 11.1 Å². The maximum Gasteiger partial charge on any atom is 0.250 e. The number of fused-ring (bicyclic) bond motifs is 1. The molecule has 1 fully saturated rings. The number of benzene rings is 1. The van der Waals surface area contributed by atoms with Gasteiger partial charge in [-0.2, -0.15) is 0 Å². The topological polar surface area (TPSA) is 114 Å². The van der Waals surface area contributed by atoms with Gasteiger partial charge in [0, 0.05) is 56.2 Å². The van der Waals surface area contributed by atoms with E-state index in [1.807, 2.05) is 6.07 Å². The number of nitrogens with zero attached hydrogens (tertiary/aromatic N) is 1. The van der Waals surface area contributed by atoms with Crippen LogP contribution in [0.1, 0.15) is 66.8 Å². The maximum atomic E-state index is 12.7. The molecule has 2 aromatic rings. The van der Waals surface area contributed by atoms with Crippen LogP contribution in [-0.2, 0) is 21.3 Å². The Kier molecular flexibility index (Phi) is 8.65. The number of rotatable bonds is 10. The number of primary amides is 1. The monoisotopic (exact) mass is 548 g/mol. The van der Waals surface area contributed by atoms with Crippen molar-refractivity contribution in [3.05, 3.63) is 39.6 Å². The molecule has 1 amide bonds. The number of piperidine rings is 1. The molecule has 0 saturated carbocycles. The van der Waals surface area contributed by atoms with Crippen molar-refractivity contribution in [1.29, 1.82) is 0 Å². The lowest BCUT2D eigenvalue weighted by molar-refractivity contribution is 0.100. The minimum Gasteiger partial charge on any atom is -0.385 e. The zero-order chi connectivity index (χ0) is 26.8. The number of carbonyl (C=O) groups is 1. The van der Waals surface area contributed by atoms with E-state index in [9.17, 15) is 13.2 Å². The summed E-state index contributed by atoms with van der Waals surface area (Å²) in [6.07, 6.45) is 2.10. The number of anilines is 1. The van der Waals surface area contributed by atoms with Crippen LogP contribution >= 0.6 is 11.3 Å². The summed E-state index contributed by atoms with van der Waals surface area (Å²) in [7, 11) is -1.68. The highest BCUT2D eigenvalue weighted by Crippen LogP contribution is 2.44. The summed E-state index contributed by atoms with van der Waals surface area (Å²) in [4.78, 5) is 13.6. The third-order valence-electron chi connectivity index (χ3n) is 7.32. The van der Waals surface area contributed by atoms with Gasteiger partial charge in [-0.05, 0) is 86.2 Å². The number of nitrogens with one attached hydrogen (secondary N) is 2. The van der Waals surface area contributed by atoms with Gasteiger partial charge in [0.05, 0.1) is 17.0 Å². The second-order valence-corrected chi connectivity index (χ2v) is 14.2. The summed E-state index contributed by atoms with van der Waals surface area (Å²) < 4.78 is 32.1. The van der Waals surface area contributed by atoms with Crippen molar-refractivity contribution < 1.29 is 17.9 Å². The normalized spacial score (nSPS) is 19.1. The highest BCUT2D eigenvalue weighted by Gasteiger charge is 2.36. The molecule has 10 heteroatoms. The van der Waals surface area contributed by atoms with Crippen molar-refractivity contribution >= 4 is 33.0 Å². The quantitative estimate of drug-likeness (QED) is 0.387. The number of ether oxygens (including phenoxy) is 1. The molecule has 0 spiro atoms. The Labute approximate surface area is 225 Å². The molecule has 0 bridgehead atoms. The molecule has 2 aliphatic rings. The molecule has 37 heavy (non-hydrogen) atoms. The van der Waals surface area contributed by atoms with Gasteiger partial charge in [-0.15, -0.1) is 11.3 Å². The third-order valence-corrected chi connectivity index (χ3v) is 10.2. The van der Waals surface area contributed by atoms with E-state index in [1.165, 1.54) is 4.88 Å². The standard InChI is InChI=1S/C27H40N4O4S2/c1-27(2,3)30-15-21-12-20(17-36-21)19-13-22-24(16-29-25(22)23(14-19)26(28)32)18-6-8-31(9-7-18)37(33,34)11-5-10-35-4/h12-14,17-18,24,29-30H,5-11,15-16H2,1-4H3,(H2,28,32). The number of hydrogen-bond donors (Lipinski definition) is 3. The fourth-order valence-corrected chi connectivity index (χ4v) is 7.65. The SMILES string of the molecule is COCCCS(=O)(=O)N1CCC(C2CNc3c(C(N)=O)cc(-c4csc(CNC(C)(C)C)c4)cc32)CC1. The van der Waals surface area contributed by atoms with Gasteiger partial charge in [0.25, 0.3) is 5.91 Å². The Morgan fingerprint density at radius 1 is 1.22 bits per heavy atom. The smallest absolute Gasteiger partial charge is 0.250 e. The Hall–Kier alpha value is -1.98. The number of hydrogen-bond acceptors (Lipinski definition) is 7. The molecular weight excluding hydrogens is 508 g/mol. The summed E-state index contributed by atoms with van der Waals surface area (Å²) in [5, 5.41) is 9.10. The first-order valence-corrected chi connectivity index (χ1v) is 15.5. The maximum absolute atomic E-state index is 12.7. The molecule has 4 rings (SSSR count). The van der Waals surface area contributed by atoms with E-state index >= 15 is 0 Å². The van der Waals surface area contributed by atoms with Crippen molar-refractivity contribution in [2.75, 3.05) is 44.4 Å². The van der Waals surface area contributed by atoms with Gasteiger partial charge in [0.1, 0.15) is 0 Å². The van der Waals surface area contributed by atoms with Gasteiger partial charge in [-0.25, -0.2) is 12.7 Å². The summed E-state index contributed by atoms with van der Waals surface area (Å²) in [5.74, 6) is 0.239. The minimum atomic E-state index is -3.26. The highest BCUT2D eigenvalue weighted by atomic mass is 32.2. The summed E-state index contributed by atoms with van der Waals surface area (Å²) in [6.45, 7) is 9.48. The van der Waals surface area contributed by atoms with Crippen LogP contribution in [0.5, 0.6) is 0 Å². The molecule has 8 nitrogen and oxygen atoms in total. The fourth-order valence-electron chi connectivity index (χ4n) is 5.31. The van der Waals surface area contributed by atoms with E-state index in [4.69, 9.17) is 10.5 Å². The van der Waals surface area contributed by atoms with Gasteiger partial charge in [0.2, 0.25) is 10.0 Å². The van der Waals surface area contributed by atoms with Crippen LogP contribution in [0.2, 0.25) is 0 Å². The van der Waals surface area contributed by atoms with E-state index < -0.39 is 15.9 Å². The van der Waals surface area contributed by atoms with Crippen molar-refractivity contribution in [3.63, 3.8) is 0 Å². The fraction of sp³-hybridized carbons (Fsp3) is 0.593. The Balaban J connectivity index is 1.52. The van der Waals surface area contributed by atoms with Crippen molar-refractivity contribution in [2.45, 2.75) is 58.0 Å². The Morgan fingerprint density at radius 2 is 1.95 bits per heavy atom. The molecule has 0 aliphatic carbocycles. The average molecular weight is 549 g/mol. The van der Waals surface area contributed by atoms with Gasteiger partial charge in [-0.3, -0.25) is 4.79 Å². The van der Waals surface area contributed by atoms with Crippen molar-refractivity contribution in [1.82, 2.24) is 9.62 Å². The van der Waals surface area contributed by atoms with E-state index in [2.05, 4.69) is 48.9 Å². The molecular formula is C27H40N4O4S2. The highest BCUT2D eigenvalue weighted by molar-refractivity contribution is 7.89. The number of nitrogens with two attached hydrogens (primary N) is 1. The van der Waals surface area contributed by atoms with Crippen LogP contribution in [0.15, 0.2) is 23.6 Å². The van der Waals surface area contributed by atoms with Crippen LogP contribution in [0.25, 0.3) is 11.1 Å². The van der Waals surface area contributed by atoms with Crippen molar-refractivity contribution in [2.24, 2.45) is 11.7 Å². The first-order chi connectivity index (χ1) is 17.5. The molecule has 0 radical (unpaired) electrons. The molecule has 1 atom stereocenters. The van der Waals surface area contributed by atoms with Gasteiger partial charge >= 0.3 is 0 Å². The third kappa shape index (κ3) is 6.72. The van der Waals surface area contributed by atoms with E-state index in [0.29, 0.717) is 37.6 Å². The molecule has 2 aliphatic heterocycles. The first-order valence-electron chi connectivity index (χ1n) is 13.0. The van der Waals surface area contributed by atoms with E-state index in [1.54, 1.807) is 22.8 Å². The lowest BCUT2D eigenvalue weighted by Gasteiger charge is -2.34. The second kappa shape index (κ2) is 11.4. The second-order valence-electron chi connectivity index (χ2n) is 11.1. The van der Waals surface area contributed by atoms with Gasteiger partial charge < -0.3 is 21.1 Å². The van der Waals surface area contributed by atoms with Crippen LogP contribution in [0, 0.1) is 5.92 Å². The molecule has 3 heterocycles. The lowest BCUT2D eigenvalue weighted by Crippen LogP contribution is -2.41. The van der Waals surface area contributed by atoms with Crippen LogP contribution in [0.3, 0.4) is 0 Å².